The molecule has 1 aliphatic carbocycles. The molecule has 0 fully saturated rings. The molecule has 3 rings (SSSR count). The van der Waals surface area contributed by atoms with Crippen molar-refractivity contribution in [2.24, 2.45) is 5.92 Å². The predicted molar refractivity (Wildman–Crippen MR) is 87.0 cm³/mol. The van der Waals surface area contributed by atoms with Crippen LogP contribution in [0.15, 0.2) is 47.0 Å². The molecule has 0 amide bonds. The normalized spacial score (nSPS) is 29.4. The summed E-state index contributed by atoms with van der Waals surface area (Å²) in [5.41, 5.74) is -1.16. The van der Waals surface area contributed by atoms with E-state index in [-0.39, 0.29) is 34.7 Å². The second-order valence-electron chi connectivity index (χ2n) is 5.82. The zero-order chi connectivity index (χ0) is 18.9. The highest BCUT2D eigenvalue weighted by atomic mass is 16.6. The number of methoxy groups -OCH3 is 4. The maximum atomic E-state index is 12.2. The van der Waals surface area contributed by atoms with E-state index in [1.807, 2.05) is 6.08 Å². The van der Waals surface area contributed by atoms with E-state index in [1.165, 1.54) is 28.4 Å². The summed E-state index contributed by atoms with van der Waals surface area (Å²) in [6.45, 7) is 0. The average molecular weight is 364 g/mol. The van der Waals surface area contributed by atoms with Gasteiger partial charge in [0.15, 0.2) is 17.1 Å². The summed E-state index contributed by atoms with van der Waals surface area (Å²) in [4.78, 5) is 24.2. The van der Waals surface area contributed by atoms with Gasteiger partial charge in [0, 0.05) is 5.92 Å². The molecule has 0 saturated heterocycles. The molecule has 8 heteroatoms. The second-order valence-corrected chi connectivity index (χ2v) is 5.82. The Labute approximate surface area is 150 Å². The van der Waals surface area contributed by atoms with Crippen LogP contribution in [0.1, 0.15) is 12.8 Å². The third-order valence-electron chi connectivity index (χ3n) is 4.56. The van der Waals surface area contributed by atoms with Gasteiger partial charge < -0.3 is 28.4 Å². The lowest BCUT2D eigenvalue weighted by Gasteiger charge is -2.35. The minimum Gasteiger partial charge on any atom is -0.493 e. The minimum atomic E-state index is -1.16. The molecule has 0 unspecified atom stereocenters. The number of cyclic esters (lactones) is 1. The molecule has 0 radical (unpaired) electrons. The lowest BCUT2D eigenvalue weighted by Crippen LogP contribution is -2.40. The Morgan fingerprint density at radius 3 is 2.31 bits per heavy atom. The van der Waals surface area contributed by atoms with Gasteiger partial charge in [-0.15, -0.1) is 0 Å². The highest BCUT2D eigenvalue weighted by Crippen LogP contribution is 2.46. The number of rotatable bonds is 5. The number of hydrogen-bond acceptors (Lipinski definition) is 8. The van der Waals surface area contributed by atoms with Crippen LogP contribution in [0.25, 0.3) is 0 Å². The first-order valence-corrected chi connectivity index (χ1v) is 8.02. The first-order valence-electron chi connectivity index (χ1n) is 8.02. The smallest absolute Gasteiger partial charge is 0.383 e. The molecule has 1 spiro atoms. The number of hydrogen-bond donors (Lipinski definition) is 0. The molecule has 0 saturated carbocycles. The van der Waals surface area contributed by atoms with Crippen LogP contribution in [0.3, 0.4) is 0 Å². The first-order chi connectivity index (χ1) is 12.5. The minimum absolute atomic E-state index is 0.0114. The van der Waals surface area contributed by atoms with E-state index in [2.05, 4.69) is 0 Å². The predicted octanol–water partition coefficient (Wildman–Crippen LogP) is 1.70. The highest BCUT2D eigenvalue weighted by Gasteiger charge is 2.54. The van der Waals surface area contributed by atoms with Crippen molar-refractivity contribution in [3.8, 4) is 0 Å². The molecular weight excluding hydrogens is 344 g/mol. The fraction of sp³-hybridized carbons (Fsp3) is 0.444. The maximum Gasteiger partial charge on any atom is 0.383 e. The van der Waals surface area contributed by atoms with Crippen LogP contribution in [0.4, 0.5) is 0 Å². The van der Waals surface area contributed by atoms with Crippen LogP contribution in [-0.4, -0.2) is 46.0 Å². The van der Waals surface area contributed by atoms with Crippen molar-refractivity contribution in [3.05, 3.63) is 47.0 Å². The molecule has 0 aromatic heterocycles. The van der Waals surface area contributed by atoms with Gasteiger partial charge in [0.1, 0.15) is 0 Å². The summed E-state index contributed by atoms with van der Waals surface area (Å²) < 4.78 is 31.8. The number of carbonyl (C=O) groups excluding carboxylic acids is 2. The van der Waals surface area contributed by atoms with Crippen LogP contribution in [0.5, 0.6) is 0 Å². The van der Waals surface area contributed by atoms with Gasteiger partial charge in [-0.25, -0.2) is 9.59 Å². The highest BCUT2D eigenvalue weighted by molar-refractivity contribution is 5.92. The molecule has 0 N–H and O–H groups in total. The summed E-state index contributed by atoms with van der Waals surface area (Å²) in [6.07, 6.45) is 6.76. The van der Waals surface area contributed by atoms with Crippen molar-refractivity contribution in [1.82, 2.24) is 0 Å². The SMILES string of the molecule is COC1=C(OC)/C(=C/[C@@H]2CCC=C[C@@]23OC(=O)C(OC)=C3OC)OC1=O. The fourth-order valence-corrected chi connectivity index (χ4v) is 3.44. The first kappa shape index (κ1) is 17.9. The van der Waals surface area contributed by atoms with E-state index >= 15 is 0 Å². The standard InChI is InChI=1S/C18H20O8/c1-21-12-11(25-16(19)13(12)22-2)9-10-7-5-6-8-18(10)15(24-4)14(23-3)17(20)26-18/h6,8-10H,5,7H2,1-4H3/b11-9-/t10-,18+/m0/s1. The van der Waals surface area contributed by atoms with Gasteiger partial charge in [-0.1, -0.05) is 6.08 Å². The zero-order valence-electron chi connectivity index (χ0n) is 15.0. The molecule has 2 heterocycles. The largest absolute Gasteiger partial charge is 0.493 e. The summed E-state index contributed by atoms with van der Waals surface area (Å²) in [5.74, 6) is -0.908. The summed E-state index contributed by atoms with van der Waals surface area (Å²) >= 11 is 0. The van der Waals surface area contributed by atoms with Crippen LogP contribution in [-0.2, 0) is 38.0 Å². The Balaban J connectivity index is 2.07. The van der Waals surface area contributed by atoms with Gasteiger partial charge in [0.05, 0.1) is 28.4 Å². The molecular formula is C18H20O8. The van der Waals surface area contributed by atoms with Gasteiger partial charge in [-0.05, 0) is 25.0 Å². The van der Waals surface area contributed by atoms with Crippen molar-refractivity contribution >= 4 is 11.9 Å². The molecule has 0 aromatic rings. The van der Waals surface area contributed by atoms with E-state index in [0.29, 0.717) is 6.42 Å². The Kier molecular flexibility index (Phi) is 4.67. The Morgan fingerprint density at radius 1 is 1.00 bits per heavy atom. The van der Waals surface area contributed by atoms with Crippen molar-refractivity contribution in [2.45, 2.75) is 18.4 Å². The van der Waals surface area contributed by atoms with Crippen molar-refractivity contribution in [3.63, 3.8) is 0 Å². The Morgan fingerprint density at radius 2 is 1.69 bits per heavy atom. The molecule has 140 valence electrons. The molecule has 2 aliphatic heterocycles. The van der Waals surface area contributed by atoms with E-state index in [9.17, 15) is 9.59 Å². The molecule has 26 heavy (non-hydrogen) atoms. The van der Waals surface area contributed by atoms with Gasteiger partial charge >= 0.3 is 11.9 Å². The van der Waals surface area contributed by atoms with Crippen LogP contribution < -0.4 is 0 Å². The van der Waals surface area contributed by atoms with E-state index in [4.69, 9.17) is 28.4 Å². The Hall–Kier alpha value is -2.90. The summed E-state index contributed by atoms with van der Waals surface area (Å²) in [6, 6.07) is 0. The van der Waals surface area contributed by atoms with Crippen molar-refractivity contribution < 1.29 is 38.0 Å². The molecule has 3 aliphatic rings. The monoisotopic (exact) mass is 364 g/mol. The van der Waals surface area contributed by atoms with Gasteiger partial charge in [-0.2, -0.15) is 0 Å². The van der Waals surface area contributed by atoms with Crippen LogP contribution in [0.2, 0.25) is 0 Å². The van der Waals surface area contributed by atoms with Crippen LogP contribution >= 0.6 is 0 Å². The van der Waals surface area contributed by atoms with Gasteiger partial charge in [0.25, 0.3) is 5.76 Å². The van der Waals surface area contributed by atoms with Gasteiger partial charge in [0.2, 0.25) is 11.5 Å². The lowest BCUT2D eigenvalue weighted by molar-refractivity contribution is -0.150. The Bertz CT molecular complexity index is 757. The third kappa shape index (κ3) is 2.53. The molecule has 0 aromatic carbocycles. The summed E-state index contributed by atoms with van der Waals surface area (Å²) in [5, 5.41) is 0. The number of carbonyl (C=O) groups is 2. The molecule has 8 nitrogen and oxygen atoms in total. The van der Waals surface area contributed by atoms with E-state index in [0.717, 1.165) is 6.42 Å². The summed E-state index contributed by atoms with van der Waals surface area (Å²) in [7, 11) is 5.60. The van der Waals surface area contributed by atoms with E-state index in [1.54, 1.807) is 12.2 Å². The second kappa shape index (κ2) is 6.78. The maximum absolute atomic E-state index is 12.2. The van der Waals surface area contributed by atoms with Crippen LogP contribution in [0, 0.1) is 5.92 Å². The quantitative estimate of drug-likeness (QED) is 0.538. The number of ether oxygens (including phenoxy) is 6. The van der Waals surface area contributed by atoms with E-state index < -0.39 is 17.5 Å². The van der Waals surface area contributed by atoms with Gasteiger partial charge in [-0.3, -0.25) is 0 Å². The average Bonchev–Trinajstić information content (AvgIpc) is 3.09. The third-order valence-corrected chi connectivity index (χ3v) is 4.56. The molecule has 2 atom stereocenters. The molecule has 0 bridgehead atoms. The lowest BCUT2D eigenvalue weighted by atomic mass is 9.78. The number of allylic oxidation sites excluding steroid dienone is 1. The van der Waals surface area contributed by atoms with Crippen molar-refractivity contribution in [2.75, 3.05) is 28.4 Å². The topological polar surface area (TPSA) is 89.5 Å². The zero-order valence-corrected chi connectivity index (χ0v) is 15.0. The number of esters is 2. The fourth-order valence-electron chi connectivity index (χ4n) is 3.44. The van der Waals surface area contributed by atoms with Crippen molar-refractivity contribution in [1.29, 1.82) is 0 Å².